The summed E-state index contributed by atoms with van der Waals surface area (Å²) < 4.78 is 15.5. The van der Waals surface area contributed by atoms with Gasteiger partial charge in [-0.3, -0.25) is 9.59 Å². The monoisotopic (exact) mass is 354 g/mol. The number of allylic oxidation sites excluding steroid dienone is 1. The van der Waals surface area contributed by atoms with E-state index in [1.165, 1.54) is 14.2 Å². The summed E-state index contributed by atoms with van der Waals surface area (Å²) >= 11 is 0. The zero-order valence-electron chi connectivity index (χ0n) is 15.0. The van der Waals surface area contributed by atoms with E-state index in [-0.39, 0.29) is 12.8 Å². The minimum atomic E-state index is -1.39. The lowest BCUT2D eigenvalue weighted by molar-refractivity contribution is -0.169. The van der Waals surface area contributed by atoms with Crippen LogP contribution in [0.1, 0.15) is 18.4 Å². The Balaban J connectivity index is 2.05. The van der Waals surface area contributed by atoms with Gasteiger partial charge < -0.3 is 14.2 Å². The third kappa shape index (κ3) is 3.10. The van der Waals surface area contributed by atoms with Crippen molar-refractivity contribution >= 4 is 18.0 Å². The van der Waals surface area contributed by atoms with Crippen LogP contribution < -0.4 is 0 Å². The molecule has 5 heteroatoms. The Kier molecular flexibility index (Phi) is 5.09. The molecule has 1 aliphatic heterocycles. The van der Waals surface area contributed by atoms with Crippen molar-refractivity contribution in [3.63, 3.8) is 0 Å². The Morgan fingerprint density at radius 1 is 1.08 bits per heavy atom. The molecule has 0 saturated heterocycles. The molecular weight excluding hydrogens is 332 g/mol. The Labute approximate surface area is 152 Å². The van der Waals surface area contributed by atoms with Gasteiger partial charge in [-0.1, -0.05) is 36.9 Å². The molecule has 26 heavy (non-hydrogen) atoms. The highest BCUT2D eigenvalue weighted by Gasteiger charge is 2.52. The second-order valence-corrected chi connectivity index (χ2v) is 6.57. The van der Waals surface area contributed by atoms with Crippen LogP contribution in [0, 0.1) is 5.41 Å². The molecule has 1 aliphatic carbocycles. The van der Waals surface area contributed by atoms with Crippen LogP contribution in [-0.2, 0) is 23.8 Å². The maximum absolute atomic E-state index is 12.4. The Hall–Kier alpha value is -2.66. The third-order valence-corrected chi connectivity index (χ3v) is 4.89. The van der Waals surface area contributed by atoms with Gasteiger partial charge in [-0.05, 0) is 46.8 Å². The van der Waals surface area contributed by atoms with Crippen LogP contribution in [0.25, 0.3) is 6.08 Å². The largest absolute Gasteiger partial charge is 0.468 e. The van der Waals surface area contributed by atoms with Gasteiger partial charge >= 0.3 is 11.9 Å². The number of carbonyl (C=O) groups is 2. The summed E-state index contributed by atoms with van der Waals surface area (Å²) in [6.45, 7) is 4.98. The highest BCUT2D eigenvalue weighted by molar-refractivity contribution is 6.01. The minimum absolute atomic E-state index is 0.178. The van der Waals surface area contributed by atoms with E-state index in [1.54, 1.807) is 0 Å². The number of hydrogen-bond donors (Lipinski definition) is 0. The summed E-state index contributed by atoms with van der Waals surface area (Å²) in [5.41, 5.74) is 3.29. The first kappa shape index (κ1) is 18.1. The summed E-state index contributed by atoms with van der Waals surface area (Å²) in [5.74, 6) is -1.20. The molecule has 0 unspecified atom stereocenters. The molecule has 5 nitrogen and oxygen atoms in total. The molecule has 3 rings (SSSR count). The molecular formula is C21H22O5. The molecule has 1 aromatic carbocycles. The highest BCUT2D eigenvalue weighted by Crippen LogP contribution is 2.47. The molecule has 0 aromatic heterocycles. The van der Waals surface area contributed by atoms with Crippen LogP contribution >= 0.6 is 0 Å². The molecule has 0 atom stereocenters. The average molecular weight is 354 g/mol. The lowest BCUT2D eigenvalue weighted by Crippen LogP contribution is -2.45. The van der Waals surface area contributed by atoms with Crippen LogP contribution in [0.15, 0.2) is 59.2 Å². The minimum Gasteiger partial charge on any atom is -0.468 e. The van der Waals surface area contributed by atoms with Crippen molar-refractivity contribution in [2.24, 2.45) is 5.41 Å². The number of benzene rings is 1. The van der Waals surface area contributed by atoms with Gasteiger partial charge in [0.05, 0.1) is 27.4 Å². The zero-order valence-corrected chi connectivity index (χ0v) is 15.0. The molecule has 0 spiro atoms. The molecule has 0 N–H and O–H groups in total. The van der Waals surface area contributed by atoms with E-state index in [9.17, 15) is 9.59 Å². The highest BCUT2D eigenvalue weighted by atomic mass is 16.5. The van der Waals surface area contributed by atoms with Crippen molar-refractivity contribution in [3.05, 3.63) is 64.8 Å². The molecule has 0 radical (unpaired) electrons. The van der Waals surface area contributed by atoms with Crippen LogP contribution in [0.2, 0.25) is 0 Å². The van der Waals surface area contributed by atoms with Crippen LogP contribution in [0.4, 0.5) is 0 Å². The van der Waals surface area contributed by atoms with Crippen molar-refractivity contribution < 1.29 is 23.8 Å². The van der Waals surface area contributed by atoms with Crippen LogP contribution in [0.5, 0.6) is 0 Å². The van der Waals surface area contributed by atoms with E-state index in [0.29, 0.717) is 13.2 Å². The summed E-state index contributed by atoms with van der Waals surface area (Å²) in [6.07, 6.45) is 2.45. The number of esters is 2. The molecule has 1 heterocycles. The SMILES string of the molecule is C=C1CC(C(=O)OC)(C(=O)OC)CC2=C1/C(=C/c1ccccc1)COC2. The Morgan fingerprint density at radius 3 is 2.35 bits per heavy atom. The predicted octanol–water partition coefficient (Wildman–Crippen LogP) is 3.08. The van der Waals surface area contributed by atoms with E-state index in [1.807, 2.05) is 30.3 Å². The fourth-order valence-corrected chi connectivity index (χ4v) is 3.78. The lowest BCUT2D eigenvalue weighted by Gasteiger charge is -2.38. The maximum atomic E-state index is 12.4. The van der Waals surface area contributed by atoms with E-state index < -0.39 is 17.4 Å². The van der Waals surface area contributed by atoms with E-state index in [4.69, 9.17) is 14.2 Å². The average Bonchev–Trinajstić information content (AvgIpc) is 2.67. The maximum Gasteiger partial charge on any atom is 0.323 e. The number of carbonyl (C=O) groups excluding carboxylic acids is 2. The number of ether oxygens (including phenoxy) is 3. The molecule has 136 valence electrons. The normalized spacial score (nSPS) is 20.5. The van der Waals surface area contributed by atoms with Crippen molar-refractivity contribution in [2.75, 3.05) is 27.4 Å². The van der Waals surface area contributed by atoms with Gasteiger partial charge in [-0.2, -0.15) is 0 Å². The Bertz CT molecular complexity index is 785. The van der Waals surface area contributed by atoms with E-state index >= 15 is 0 Å². The van der Waals surface area contributed by atoms with Gasteiger partial charge in [0.25, 0.3) is 0 Å². The van der Waals surface area contributed by atoms with E-state index in [0.717, 1.165) is 27.9 Å². The molecule has 0 saturated carbocycles. The van der Waals surface area contributed by atoms with Crippen molar-refractivity contribution in [2.45, 2.75) is 12.8 Å². The first-order valence-electron chi connectivity index (χ1n) is 8.42. The van der Waals surface area contributed by atoms with E-state index in [2.05, 4.69) is 12.7 Å². The van der Waals surface area contributed by atoms with Gasteiger partial charge in [0, 0.05) is 0 Å². The summed E-state index contributed by atoms with van der Waals surface area (Å²) in [5, 5.41) is 0. The van der Waals surface area contributed by atoms with Gasteiger partial charge in [0.1, 0.15) is 0 Å². The van der Waals surface area contributed by atoms with Gasteiger partial charge in [-0.15, -0.1) is 0 Å². The fraction of sp³-hybridized carbons (Fsp3) is 0.333. The zero-order chi connectivity index (χ0) is 18.7. The number of rotatable bonds is 3. The molecule has 0 fully saturated rings. The molecule has 0 amide bonds. The van der Waals surface area contributed by atoms with Gasteiger partial charge in [0.2, 0.25) is 0 Å². The second-order valence-electron chi connectivity index (χ2n) is 6.57. The van der Waals surface area contributed by atoms with Crippen LogP contribution in [-0.4, -0.2) is 39.4 Å². The van der Waals surface area contributed by atoms with Crippen molar-refractivity contribution in [3.8, 4) is 0 Å². The lowest BCUT2D eigenvalue weighted by atomic mass is 9.67. The smallest absolute Gasteiger partial charge is 0.323 e. The Morgan fingerprint density at radius 2 is 1.73 bits per heavy atom. The summed E-state index contributed by atoms with van der Waals surface area (Å²) in [4.78, 5) is 24.9. The van der Waals surface area contributed by atoms with Gasteiger partial charge in [-0.25, -0.2) is 0 Å². The number of hydrogen-bond acceptors (Lipinski definition) is 5. The molecule has 2 aliphatic rings. The van der Waals surface area contributed by atoms with Crippen molar-refractivity contribution in [1.82, 2.24) is 0 Å². The third-order valence-electron chi connectivity index (χ3n) is 4.89. The van der Waals surface area contributed by atoms with Crippen molar-refractivity contribution in [1.29, 1.82) is 0 Å². The van der Waals surface area contributed by atoms with Gasteiger partial charge in [0.15, 0.2) is 5.41 Å². The standard InChI is InChI=1S/C21H22O5/c1-14-10-21(19(22)24-2,20(23)25-3)11-17-13-26-12-16(18(14)17)9-15-7-5-4-6-8-15/h4-9H,1,10-13H2,2-3H3/b16-9+. The quantitative estimate of drug-likeness (QED) is 0.617. The second kappa shape index (κ2) is 7.30. The molecule has 1 aromatic rings. The predicted molar refractivity (Wildman–Crippen MR) is 97.1 cm³/mol. The number of methoxy groups -OCH3 is 2. The summed E-state index contributed by atoms with van der Waals surface area (Å²) in [6, 6.07) is 9.94. The molecule has 0 bridgehead atoms. The summed E-state index contributed by atoms with van der Waals surface area (Å²) in [7, 11) is 2.55. The van der Waals surface area contributed by atoms with Crippen LogP contribution in [0.3, 0.4) is 0 Å². The topological polar surface area (TPSA) is 61.8 Å². The first-order valence-corrected chi connectivity index (χ1v) is 8.42. The fourth-order valence-electron chi connectivity index (χ4n) is 3.78. The first-order chi connectivity index (χ1) is 12.5.